The van der Waals surface area contributed by atoms with Crippen molar-refractivity contribution in [2.24, 2.45) is 0 Å². The first-order valence-corrected chi connectivity index (χ1v) is 3.53. The summed E-state index contributed by atoms with van der Waals surface area (Å²) in [4.78, 5) is 10.3. The predicted molar refractivity (Wildman–Crippen MR) is 49.9 cm³/mol. The monoisotopic (exact) mass is 194 g/mol. The van der Waals surface area contributed by atoms with E-state index in [-0.39, 0.29) is 36.0 Å². The molecule has 1 N–H and O–H groups in total. The van der Waals surface area contributed by atoms with Gasteiger partial charge < -0.3 is 5.11 Å². The van der Waals surface area contributed by atoms with Gasteiger partial charge in [0.15, 0.2) is 0 Å². The third-order valence-corrected chi connectivity index (χ3v) is 1.67. The molecule has 0 atom stereocenters. The Morgan fingerprint density at radius 2 is 2.00 bits per heavy atom. The quantitative estimate of drug-likeness (QED) is 0.721. The van der Waals surface area contributed by atoms with Gasteiger partial charge in [-0.15, -0.1) is 0 Å². The Morgan fingerprint density at radius 3 is 2.50 bits per heavy atom. The average Bonchev–Trinajstić information content (AvgIpc) is 1.93. The van der Waals surface area contributed by atoms with E-state index in [0.717, 1.165) is 0 Å². The summed E-state index contributed by atoms with van der Waals surface area (Å²) in [5.74, 6) is -0.863. The standard InChI is InChI=1S/C8H7ClO2.Na.H/c9-7-4-2-1-3-6(7)5-8(10)11;;/h1-4H,5H2,(H,10,11);;. The molecule has 2 nitrogen and oxygen atoms in total. The first-order valence-electron chi connectivity index (χ1n) is 3.15. The van der Waals surface area contributed by atoms with Crippen LogP contribution in [0.25, 0.3) is 0 Å². The molecule has 0 spiro atoms. The summed E-state index contributed by atoms with van der Waals surface area (Å²) in [6, 6.07) is 6.92. The van der Waals surface area contributed by atoms with E-state index in [0.29, 0.717) is 10.6 Å². The van der Waals surface area contributed by atoms with Gasteiger partial charge in [0.25, 0.3) is 0 Å². The molecule has 0 heterocycles. The number of hydrogen-bond acceptors (Lipinski definition) is 1. The SMILES string of the molecule is O=C(O)Cc1ccccc1Cl.[NaH]. The van der Waals surface area contributed by atoms with Crippen molar-refractivity contribution in [3.63, 3.8) is 0 Å². The Hall–Kier alpha value is -0.0200. The zero-order valence-corrected chi connectivity index (χ0v) is 6.51. The second kappa shape index (κ2) is 5.60. The fourth-order valence-electron chi connectivity index (χ4n) is 0.805. The van der Waals surface area contributed by atoms with Gasteiger partial charge in [-0.3, -0.25) is 4.79 Å². The van der Waals surface area contributed by atoms with Gasteiger partial charge in [-0.1, -0.05) is 29.8 Å². The number of rotatable bonds is 2. The molecule has 1 aromatic rings. The number of carboxylic acids is 1. The van der Waals surface area contributed by atoms with Crippen LogP contribution in [0.3, 0.4) is 0 Å². The molecule has 0 radical (unpaired) electrons. The Bertz CT molecular complexity index is 276. The molecule has 0 aromatic heterocycles. The first kappa shape index (κ1) is 12.0. The first-order chi connectivity index (χ1) is 5.20. The fourth-order valence-corrected chi connectivity index (χ4v) is 1.01. The summed E-state index contributed by atoms with van der Waals surface area (Å²) in [5, 5.41) is 8.94. The third kappa shape index (κ3) is 3.59. The van der Waals surface area contributed by atoms with E-state index in [1.807, 2.05) is 0 Å². The van der Waals surface area contributed by atoms with Crippen LogP contribution >= 0.6 is 11.6 Å². The van der Waals surface area contributed by atoms with Crippen LogP contribution in [0.4, 0.5) is 0 Å². The van der Waals surface area contributed by atoms with Crippen LogP contribution in [-0.2, 0) is 11.2 Å². The third-order valence-electron chi connectivity index (χ3n) is 1.30. The van der Waals surface area contributed by atoms with Gasteiger partial charge in [0.05, 0.1) is 6.42 Å². The van der Waals surface area contributed by atoms with Crippen molar-refractivity contribution >= 4 is 47.1 Å². The summed E-state index contributed by atoms with van der Waals surface area (Å²) >= 11 is 5.70. The van der Waals surface area contributed by atoms with Crippen molar-refractivity contribution in [2.75, 3.05) is 0 Å². The second-order valence-corrected chi connectivity index (χ2v) is 2.57. The maximum absolute atomic E-state index is 10.3. The van der Waals surface area contributed by atoms with Crippen LogP contribution in [0, 0.1) is 0 Å². The van der Waals surface area contributed by atoms with Crippen LogP contribution in [-0.4, -0.2) is 40.6 Å². The molecule has 1 rings (SSSR count). The van der Waals surface area contributed by atoms with Gasteiger partial charge in [-0.25, -0.2) is 0 Å². The molecule has 0 fully saturated rings. The van der Waals surface area contributed by atoms with E-state index in [2.05, 4.69) is 0 Å². The van der Waals surface area contributed by atoms with Crippen molar-refractivity contribution in [3.8, 4) is 0 Å². The van der Waals surface area contributed by atoms with Crippen molar-refractivity contribution in [1.29, 1.82) is 0 Å². The minimum atomic E-state index is -0.863. The molecule has 0 unspecified atom stereocenters. The molecule has 0 saturated heterocycles. The Morgan fingerprint density at radius 1 is 1.42 bits per heavy atom. The molecule has 0 aliphatic carbocycles. The van der Waals surface area contributed by atoms with Crippen LogP contribution in [0.1, 0.15) is 5.56 Å². The molecule has 0 saturated carbocycles. The number of benzene rings is 1. The topological polar surface area (TPSA) is 37.3 Å². The minimum absolute atomic E-state index is 0. The van der Waals surface area contributed by atoms with E-state index in [9.17, 15) is 4.79 Å². The van der Waals surface area contributed by atoms with Crippen molar-refractivity contribution in [2.45, 2.75) is 6.42 Å². The number of hydrogen-bond donors (Lipinski definition) is 1. The van der Waals surface area contributed by atoms with Crippen LogP contribution < -0.4 is 0 Å². The molecular weight excluding hydrogens is 187 g/mol. The molecule has 4 heteroatoms. The summed E-state index contributed by atoms with van der Waals surface area (Å²) in [6.07, 6.45) is -0.0142. The summed E-state index contributed by atoms with van der Waals surface area (Å²) in [6.45, 7) is 0. The van der Waals surface area contributed by atoms with Gasteiger partial charge >= 0.3 is 35.5 Å². The van der Waals surface area contributed by atoms with Crippen molar-refractivity contribution < 1.29 is 9.90 Å². The number of carbonyl (C=O) groups is 1. The Balaban J connectivity index is 0.00000121. The molecule has 0 aliphatic rings. The van der Waals surface area contributed by atoms with Gasteiger partial charge in [0.2, 0.25) is 0 Å². The number of aliphatic carboxylic acids is 1. The summed E-state index contributed by atoms with van der Waals surface area (Å²) in [7, 11) is 0. The molecule has 12 heavy (non-hydrogen) atoms. The van der Waals surface area contributed by atoms with E-state index in [4.69, 9.17) is 16.7 Å². The molecule has 0 aliphatic heterocycles. The molecule has 1 aromatic carbocycles. The van der Waals surface area contributed by atoms with Gasteiger partial charge in [0.1, 0.15) is 0 Å². The van der Waals surface area contributed by atoms with Gasteiger partial charge in [0, 0.05) is 5.02 Å². The number of carboxylic acid groups (broad SMARTS) is 1. The molecular formula is C8H8ClNaO2. The number of halogens is 1. The van der Waals surface area contributed by atoms with E-state index in [1.54, 1.807) is 24.3 Å². The van der Waals surface area contributed by atoms with Crippen LogP contribution in [0.2, 0.25) is 5.02 Å². The average molecular weight is 195 g/mol. The Labute approximate surface area is 97.8 Å². The maximum atomic E-state index is 10.3. The molecule has 60 valence electrons. The predicted octanol–water partition coefficient (Wildman–Crippen LogP) is 1.32. The van der Waals surface area contributed by atoms with Crippen LogP contribution in [0.5, 0.6) is 0 Å². The normalized spacial score (nSPS) is 8.75. The van der Waals surface area contributed by atoms with Crippen molar-refractivity contribution in [3.05, 3.63) is 34.9 Å². The van der Waals surface area contributed by atoms with E-state index >= 15 is 0 Å². The molecule has 0 bridgehead atoms. The van der Waals surface area contributed by atoms with Crippen LogP contribution in [0.15, 0.2) is 24.3 Å². The van der Waals surface area contributed by atoms with Gasteiger partial charge in [-0.05, 0) is 11.6 Å². The summed E-state index contributed by atoms with van der Waals surface area (Å²) in [5.41, 5.74) is 0.654. The fraction of sp³-hybridized carbons (Fsp3) is 0.125. The zero-order chi connectivity index (χ0) is 8.27. The second-order valence-electron chi connectivity index (χ2n) is 2.16. The van der Waals surface area contributed by atoms with E-state index < -0.39 is 5.97 Å². The molecule has 0 amide bonds. The van der Waals surface area contributed by atoms with Gasteiger partial charge in [-0.2, -0.15) is 0 Å². The summed E-state index contributed by atoms with van der Waals surface area (Å²) < 4.78 is 0. The van der Waals surface area contributed by atoms with Crippen molar-refractivity contribution in [1.82, 2.24) is 0 Å². The Kier molecular flexibility index (Phi) is 5.59. The van der Waals surface area contributed by atoms with E-state index in [1.165, 1.54) is 0 Å². The zero-order valence-electron chi connectivity index (χ0n) is 5.75.